The summed E-state index contributed by atoms with van der Waals surface area (Å²) in [7, 11) is 0. The Bertz CT molecular complexity index is 536. The highest BCUT2D eigenvalue weighted by molar-refractivity contribution is 5.82. The zero-order valence-electron chi connectivity index (χ0n) is 11.0. The second kappa shape index (κ2) is 5.14. The molecule has 1 saturated heterocycles. The summed E-state index contributed by atoms with van der Waals surface area (Å²) in [5.41, 5.74) is 0. The van der Waals surface area contributed by atoms with Gasteiger partial charge in [-0.05, 0) is 18.9 Å². The minimum atomic E-state index is -0.885. The molecule has 1 amide bonds. The van der Waals surface area contributed by atoms with Gasteiger partial charge in [0.25, 0.3) is 0 Å². The number of hydrogen-bond acceptors (Lipinski definition) is 4. The van der Waals surface area contributed by atoms with Gasteiger partial charge in [-0.2, -0.15) is 0 Å². The highest BCUT2D eigenvalue weighted by Gasteiger charge is 2.47. The maximum absolute atomic E-state index is 12.2. The smallest absolute Gasteiger partial charge is 0.226 e. The largest absolute Gasteiger partial charge is 0.470 e. The van der Waals surface area contributed by atoms with Crippen molar-refractivity contribution in [3.8, 4) is 18.2 Å². The first-order valence-electron chi connectivity index (χ1n) is 6.73. The molecular weight excluding hydrogens is 256 g/mol. The number of carbonyl (C=O) groups is 1. The Morgan fingerprint density at radius 3 is 2.90 bits per heavy atom. The van der Waals surface area contributed by atoms with Gasteiger partial charge in [-0.3, -0.25) is 4.79 Å². The lowest BCUT2D eigenvalue weighted by atomic mass is 10.1. The van der Waals surface area contributed by atoms with E-state index < -0.39 is 18.2 Å². The predicted molar refractivity (Wildman–Crippen MR) is 71.7 cm³/mol. The topological polar surface area (TPSA) is 62.7 Å². The van der Waals surface area contributed by atoms with Gasteiger partial charge in [-0.15, -0.1) is 6.42 Å². The zero-order valence-corrected chi connectivity index (χ0v) is 11.0. The van der Waals surface area contributed by atoms with Crippen molar-refractivity contribution in [1.29, 1.82) is 0 Å². The summed E-state index contributed by atoms with van der Waals surface area (Å²) in [6, 6.07) is 4.68. The Labute approximate surface area is 117 Å². The number of hydrogen-bond donors (Lipinski definition) is 1. The van der Waals surface area contributed by atoms with Crippen molar-refractivity contribution in [3.63, 3.8) is 0 Å². The molecule has 3 rings (SSSR count). The molecule has 1 aromatic rings. The summed E-state index contributed by atoms with van der Waals surface area (Å²) in [6.07, 6.45) is 7.47. The van der Waals surface area contributed by atoms with Gasteiger partial charge in [0.15, 0.2) is 0 Å². The average molecular weight is 272 g/mol. The molecule has 2 heterocycles. The third kappa shape index (κ3) is 2.35. The number of ether oxygens (including phenoxy) is 1. The van der Waals surface area contributed by atoms with Gasteiger partial charge in [0.05, 0.1) is 6.54 Å². The van der Waals surface area contributed by atoms with Crippen molar-refractivity contribution in [1.82, 2.24) is 9.88 Å². The Hall–Kier alpha value is -2.06. The summed E-state index contributed by atoms with van der Waals surface area (Å²) in [5.74, 6) is 3.02. The monoisotopic (exact) mass is 272 g/mol. The Morgan fingerprint density at radius 2 is 2.30 bits per heavy atom. The quantitative estimate of drug-likeness (QED) is 0.811. The lowest BCUT2D eigenvalue weighted by molar-refractivity contribution is -0.133. The molecule has 2 aliphatic rings. The molecule has 0 aromatic carbocycles. The van der Waals surface area contributed by atoms with Crippen LogP contribution in [0.2, 0.25) is 0 Å². The van der Waals surface area contributed by atoms with Crippen LogP contribution in [-0.4, -0.2) is 45.7 Å². The van der Waals surface area contributed by atoms with Crippen LogP contribution >= 0.6 is 0 Å². The molecule has 0 unspecified atom stereocenters. The van der Waals surface area contributed by atoms with Gasteiger partial charge >= 0.3 is 0 Å². The van der Waals surface area contributed by atoms with Crippen LogP contribution in [0.15, 0.2) is 24.4 Å². The minimum Gasteiger partial charge on any atom is -0.470 e. The summed E-state index contributed by atoms with van der Waals surface area (Å²) in [5, 5.41) is 10.2. The van der Waals surface area contributed by atoms with Crippen molar-refractivity contribution in [2.45, 2.75) is 31.1 Å². The SMILES string of the molecule is C#C[C@H]1[C@H](O)[C@H](Oc2ccccn2)CN1C(=O)C1CC1. The van der Waals surface area contributed by atoms with Crippen molar-refractivity contribution in [2.24, 2.45) is 5.92 Å². The number of aliphatic hydroxyl groups excluding tert-OH is 1. The molecule has 0 spiro atoms. The second-order valence-electron chi connectivity index (χ2n) is 5.19. The molecule has 1 aliphatic heterocycles. The van der Waals surface area contributed by atoms with Crippen LogP contribution in [0.4, 0.5) is 0 Å². The molecule has 5 nitrogen and oxygen atoms in total. The zero-order chi connectivity index (χ0) is 14.1. The van der Waals surface area contributed by atoms with Gasteiger partial charge in [0.1, 0.15) is 18.2 Å². The van der Waals surface area contributed by atoms with Crippen molar-refractivity contribution < 1.29 is 14.6 Å². The van der Waals surface area contributed by atoms with E-state index >= 15 is 0 Å². The first-order chi connectivity index (χ1) is 9.70. The average Bonchev–Trinajstić information content (AvgIpc) is 3.26. The molecule has 1 aliphatic carbocycles. The molecule has 2 fully saturated rings. The van der Waals surface area contributed by atoms with E-state index in [0.29, 0.717) is 12.4 Å². The molecule has 1 N–H and O–H groups in total. The number of pyridine rings is 1. The fourth-order valence-electron chi connectivity index (χ4n) is 2.46. The molecule has 0 bridgehead atoms. The number of terminal acetylenes is 1. The molecular formula is C15H16N2O3. The number of likely N-dealkylation sites (tertiary alicyclic amines) is 1. The second-order valence-corrected chi connectivity index (χ2v) is 5.19. The number of carbonyl (C=O) groups excluding carboxylic acids is 1. The van der Waals surface area contributed by atoms with Crippen LogP contribution in [0.25, 0.3) is 0 Å². The Kier molecular flexibility index (Phi) is 3.33. The predicted octanol–water partition coefficient (Wildman–Crippen LogP) is 0.444. The third-order valence-electron chi connectivity index (χ3n) is 3.71. The Morgan fingerprint density at radius 1 is 1.50 bits per heavy atom. The van der Waals surface area contributed by atoms with E-state index in [4.69, 9.17) is 11.2 Å². The highest BCUT2D eigenvalue weighted by Crippen LogP contribution is 2.34. The van der Waals surface area contributed by atoms with Crippen LogP contribution in [-0.2, 0) is 4.79 Å². The summed E-state index contributed by atoms with van der Waals surface area (Å²) in [6.45, 7) is 0.307. The molecule has 1 saturated carbocycles. The van der Waals surface area contributed by atoms with Gasteiger partial charge in [-0.1, -0.05) is 12.0 Å². The van der Waals surface area contributed by atoms with E-state index in [0.717, 1.165) is 12.8 Å². The maximum atomic E-state index is 12.2. The number of aliphatic hydroxyl groups is 1. The van der Waals surface area contributed by atoms with E-state index in [1.54, 1.807) is 29.3 Å². The molecule has 5 heteroatoms. The van der Waals surface area contributed by atoms with E-state index in [1.807, 2.05) is 0 Å². The molecule has 3 atom stereocenters. The minimum absolute atomic E-state index is 0.0270. The van der Waals surface area contributed by atoms with Crippen LogP contribution in [0.5, 0.6) is 5.88 Å². The van der Waals surface area contributed by atoms with E-state index in [-0.39, 0.29) is 11.8 Å². The van der Waals surface area contributed by atoms with Gasteiger partial charge in [0, 0.05) is 18.2 Å². The number of rotatable bonds is 3. The molecule has 104 valence electrons. The maximum Gasteiger partial charge on any atom is 0.226 e. The normalized spacial score (nSPS) is 29.0. The Balaban J connectivity index is 1.73. The summed E-state index contributed by atoms with van der Waals surface area (Å²) >= 11 is 0. The van der Waals surface area contributed by atoms with Crippen LogP contribution in [0.1, 0.15) is 12.8 Å². The lowest BCUT2D eigenvalue weighted by Crippen LogP contribution is -2.39. The standard InChI is InChI=1S/C15H16N2O3/c1-2-11-14(18)12(20-13-5-3-4-8-16-13)9-17(11)15(19)10-6-7-10/h1,3-5,8,10-12,14,18H,6-7,9H2/t11-,12+,14-/m0/s1. The number of aromatic nitrogens is 1. The van der Waals surface area contributed by atoms with Crippen LogP contribution in [0, 0.1) is 18.3 Å². The van der Waals surface area contributed by atoms with Crippen LogP contribution in [0.3, 0.4) is 0 Å². The highest BCUT2D eigenvalue weighted by atomic mass is 16.5. The van der Waals surface area contributed by atoms with E-state index in [9.17, 15) is 9.90 Å². The third-order valence-corrected chi connectivity index (χ3v) is 3.71. The number of nitrogens with zero attached hydrogens (tertiary/aromatic N) is 2. The van der Waals surface area contributed by atoms with Gasteiger partial charge < -0.3 is 14.7 Å². The van der Waals surface area contributed by atoms with Crippen molar-refractivity contribution in [3.05, 3.63) is 24.4 Å². The van der Waals surface area contributed by atoms with Gasteiger partial charge in [0.2, 0.25) is 11.8 Å². The van der Waals surface area contributed by atoms with Crippen molar-refractivity contribution >= 4 is 5.91 Å². The van der Waals surface area contributed by atoms with E-state index in [2.05, 4.69) is 10.9 Å². The lowest BCUT2D eigenvalue weighted by Gasteiger charge is -2.20. The van der Waals surface area contributed by atoms with Gasteiger partial charge in [-0.25, -0.2) is 4.98 Å². The van der Waals surface area contributed by atoms with Crippen LogP contribution < -0.4 is 4.74 Å². The summed E-state index contributed by atoms with van der Waals surface area (Å²) in [4.78, 5) is 17.8. The fraction of sp³-hybridized carbons (Fsp3) is 0.467. The number of amides is 1. The molecule has 1 aromatic heterocycles. The molecule has 20 heavy (non-hydrogen) atoms. The first-order valence-corrected chi connectivity index (χ1v) is 6.73. The first kappa shape index (κ1) is 12.9. The van der Waals surface area contributed by atoms with E-state index in [1.165, 1.54) is 0 Å². The molecule has 0 radical (unpaired) electrons. The van der Waals surface area contributed by atoms with Crippen molar-refractivity contribution in [2.75, 3.05) is 6.54 Å². The summed E-state index contributed by atoms with van der Waals surface area (Å²) < 4.78 is 5.65. The fourth-order valence-corrected chi connectivity index (χ4v) is 2.46.